The van der Waals surface area contributed by atoms with Crippen molar-refractivity contribution < 1.29 is 33.6 Å². The number of primary amides is 1. The topological polar surface area (TPSA) is 187 Å². The molecule has 13 nitrogen and oxygen atoms in total. The minimum Gasteiger partial charge on any atom is -0.492 e. The summed E-state index contributed by atoms with van der Waals surface area (Å²) in [4.78, 5) is 25.5. The van der Waals surface area contributed by atoms with Crippen LogP contribution in [0.15, 0.2) is 47.8 Å². The zero-order chi connectivity index (χ0) is 24.7. The normalized spacial score (nSPS) is 21.6. The second kappa shape index (κ2) is 11.7. The van der Waals surface area contributed by atoms with E-state index in [1.54, 1.807) is 18.3 Å². The highest BCUT2D eigenvalue weighted by atomic mass is 79.9. The van der Waals surface area contributed by atoms with Crippen LogP contribution in [0.25, 0.3) is 10.4 Å². The van der Waals surface area contributed by atoms with Crippen LogP contribution in [0.2, 0.25) is 0 Å². The second-order valence-electron chi connectivity index (χ2n) is 7.21. The number of aromatic nitrogens is 1. The number of carbonyl (C=O) groups is 1. The first-order valence-electron chi connectivity index (χ1n) is 10.1. The highest BCUT2D eigenvalue weighted by molar-refractivity contribution is 9.09. The van der Waals surface area contributed by atoms with E-state index in [0.717, 1.165) is 0 Å². The van der Waals surface area contributed by atoms with Crippen molar-refractivity contribution in [2.45, 2.75) is 31.1 Å². The smallest absolute Gasteiger partial charge is 0.290 e. The molecular weight excluding hydrogens is 516 g/mol. The number of nitro groups is 1. The lowest BCUT2D eigenvalue weighted by Crippen LogP contribution is -2.47. The molecule has 1 fully saturated rings. The molecule has 2 heterocycles. The van der Waals surface area contributed by atoms with Crippen LogP contribution in [0.3, 0.4) is 0 Å². The Balaban J connectivity index is 1.91. The van der Waals surface area contributed by atoms with E-state index in [9.17, 15) is 20.0 Å². The third-order valence-corrected chi connectivity index (χ3v) is 5.43. The molecule has 4 atom stereocenters. The number of halogens is 1. The Labute approximate surface area is 201 Å². The Hall–Kier alpha value is -3.29. The quantitative estimate of drug-likeness (QED) is 0.0831. The summed E-state index contributed by atoms with van der Waals surface area (Å²) in [6, 6.07) is 6.55. The van der Waals surface area contributed by atoms with Crippen LogP contribution >= 0.6 is 15.9 Å². The van der Waals surface area contributed by atoms with Crippen molar-refractivity contribution in [2.75, 3.05) is 18.5 Å². The van der Waals surface area contributed by atoms with Crippen LogP contribution in [-0.2, 0) is 16.1 Å². The van der Waals surface area contributed by atoms with Crippen molar-refractivity contribution >= 4 is 27.5 Å². The number of pyridine rings is 1. The molecule has 1 saturated heterocycles. The molecule has 0 saturated carbocycles. The molecule has 1 amide bonds. The van der Waals surface area contributed by atoms with Gasteiger partial charge in [0, 0.05) is 16.3 Å². The number of nitrogens with two attached hydrogens (primary N) is 1. The fourth-order valence-electron chi connectivity index (χ4n) is 3.55. The van der Waals surface area contributed by atoms with Crippen LogP contribution in [0, 0.1) is 10.1 Å². The molecule has 2 aromatic rings. The molecule has 0 aliphatic carbocycles. The van der Waals surface area contributed by atoms with Gasteiger partial charge in [0.25, 0.3) is 17.8 Å². The Bertz CT molecular complexity index is 1100. The van der Waals surface area contributed by atoms with Gasteiger partial charge in [-0.25, -0.2) is 0 Å². The second-order valence-corrected chi connectivity index (χ2v) is 8.00. The van der Waals surface area contributed by atoms with Crippen molar-refractivity contribution in [3.8, 4) is 5.75 Å². The van der Waals surface area contributed by atoms with Gasteiger partial charge in [-0.05, 0) is 23.7 Å². The first-order chi connectivity index (χ1) is 16.4. The van der Waals surface area contributed by atoms with E-state index in [1.807, 2.05) is 0 Å². The maximum Gasteiger partial charge on any atom is 0.290 e. The lowest BCUT2D eigenvalue weighted by Gasteiger charge is -2.18. The van der Waals surface area contributed by atoms with E-state index in [2.05, 4.69) is 26.0 Å². The Morgan fingerprint density at radius 1 is 1.44 bits per heavy atom. The number of hydrogen-bond donors (Lipinski definition) is 2. The number of aliphatic hydroxyl groups is 1. The third kappa shape index (κ3) is 5.79. The van der Waals surface area contributed by atoms with Gasteiger partial charge in [-0.2, -0.15) is 4.57 Å². The summed E-state index contributed by atoms with van der Waals surface area (Å²) in [5.74, 6) is -0.323. The predicted octanol–water partition coefficient (Wildman–Crippen LogP) is 1.91. The SMILES string of the molecule is [N-]=[N+]=N[C@H]1[C@@H](OCc2ccc(OCCBr)cc2[N+](=O)[O-])[C@H]([n+]2cccc(C(N)=O)c2)O[C@@H]1CO. The lowest BCUT2D eigenvalue weighted by molar-refractivity contribution is -0.766. The number of carbonyl (C=O) groups excluding carboxylic acids is 1. The van der Waals surface area contributed by atoms with Crippen LogP contribution < -0.4 is 15.0 Å². The zero-order valence-electron chi connectivity index (χ0n) is 17.8. The largest absolute Gasteiger partial charge is 0.492 e. The van der Waals surface area contributed by atoms with Crippen molar-refractivity contribution in [2.24, 2.45) is 10.8 Å². The van der Waals surface area contributed by atoms with E-state index in [-0.39, 0.29) is 23.4 Å². The molecule has 1 aromatic carbocycles. The fourth-order valence-corrected chi connectivity index (χ4v) is 3.72. The van der Waals surface area contributed by atoms with Crippen LogP contribution in [0.4, 0.5) is 5.69 Å². The zero-order valence-corrected chi connectivity index (χ0v) is 19.4. The summed E-state index contributed by atoms with van der Waals surface area (Å²) < 4.78 is 18.8. The standard InChI is InChI=1S/C20H21BrN6O7/c21-5-7-32-14-4-3-13(15(8-14)27(30)31)11-33-18-17(24-25-23)16(10-28)34-20(18)26-6-1-2-12(9-26)19(22)29/h1-4,6,8-9,16-18,20,28H,5,7,10-11H2,(H-,22,29)/p+1/t16-,17-,18-,20-/m1/s1. The van der Waals surface area contributed by atoms with Gasteiger partial charge in [0.2, 0.25) is 0 Å². The molecule has 14 heteroatoms. The van der Waals surface area contributed by atoms with Crippen LogP contribution in [-0.4, -0.2) is 52.7 Å². The molecule has 1 aliphatic rings. The first-order valence-corrected chi connectivity index (χ1v) is 11.2. The van der Waals surface area contributed by atoms with E-state index in [0.29, 0.717) is 17.7 Å². The van der Waals surface area contributed by atoms with Gasteiger partial charge in [-0.3, -0.25) is 14.9 Å². The minimum atomic E-state index is -0.940. The molecule has 34 heavy (non-hydrogen) atoms. The number of alkyl halides is 1. The summed E-state index contributed by atoms with van der Waals surface area (Å²) in [5, 5.41) is 25.6. The van der Waals surface area contributed by atoms with Crippen molar-refractivity contribution in [1.82, 2.24) is 0 Å². The average molecular weight is 538 g/mol. The van der Waals surface area contributed by atoms with Gasteiger partial charge in [-0.1, -0.05) is 21.0 Å². The van der Waals surface area contributed by atoms with Gasteiger partial charge < -0.3 is 25.1 Å². The number of nitro benzene ring substituents is 1. The van der Waals surface area contributed by atoms with E-state index in [1.165, 1.54) is 29.0 Å². The molecule has 0 radical (unpaired) electrons. The number of nitrogens with zero attached hydrogens (tertiary/aromatic N) is 5. The summed E-state index contributed by atoms with van der Waals surface area (Å²) >= 11 is 3.23. The highest BCUT2D eigenvalue weighted by Gasteiger charge is 2.50. The third-order valence-electron chi connectivity index (χ3n) is 5.11. The molecule has 1 aromatic heterocycles. The summed E-state index contributed by atoms with van der Waals surface area (Å²) in [6.07, 6.45) is 0.288. The van der Waals surface area contributed by atoms with Crippen molar-refractivity contribution in [3.63, 3.8) is 0 Å². The van der Waals surface area contributed by atoms with E-state index >= 15 is 0 Å². The maximum absolute atomic E-state index is 11.6. The number of azide groups is 1. The molecule has 3 N–H and O–H groups in total. The van der Waals surface area contributed by atoms with Crippen LogP contribution in [0.1, 0.15) is 22.1 Å². The molecule has 180 valence electrons. The monoisotopic (exact) mass is 537 g/mol. The molecule has 0 spiro atoms. The van der Waals surface area contributed by atoms with Gasteiger partial charge in [-0.15, -0.1) is 0 Å². The Kier molecular flexibility index (Phi) is 8.73. The van der Waals surface area contributed by atoms with E-state index in [4.69, 9.17) is 25.5 Å². The maximum atomic E-state index is 11.6. The summed E-state index contributed by atoms with van der Waals surface area (Å²) in [7, 11) is 0. The first kappa shape index (κ1) is 25.3. The molecule has 3 rings (SSSR count). The Morgan fingerprint density at radius 2 is 2.24 bits per heavy atom. The Morgan fingerprint density at radius 3 is 2.88 bits per heavy atom. The fraction of sp³-hybridized carbons (Fsp3) is 0.400. The van der Waals surface area contributed by atoms with Gasteiger partial charge in [0.15, 0.2) is 18.5 Å². The van der Waals surface area contributed by atoms with Gasteiger partial charge in [0.05, 0.1) is 42.5 Å². The number of ether oxygens (including phenoxy) is 3. The molecule has 0 bridgehead atoms. The number of aliphatic hydroxyl groups excluding tert-OH is 1. The van der Waals surface area contributed by atoms with Crippen LogP contribution in [0.5, 0.6) is 5.75 Å². The van der Waals surface area contributed by atoms with E-state index < -0.39 is 41.9 Å². The summed E-state index contributed by atoms with van der Waals surface area (Å²) in [6.45, 7) is -0.340. The molecular formula is C20H22BrN6O7+. The number of rotatable bonds is 11. The molecule has 1 aliphatic heterocycles. The average Bonchev–Trinajstić information content (AvgIpc) is 3.19. The van der Waals surface area contributed by atoms with Gasteiger partial charge in [0.1, 0.15) is 17.4 Å². The van der Waals surface area contributed by atoms with Crippen molar-refractivity contribution in [1.29, 1.82) is 0 Å². The minimum absolute atomic E-state index is 0.201. The molecule has 0 unspecified atom stereocenters. The number of amides is 1. The van der Waals surface area contributed by atoms with Crippen molar-refractivity contribution in [3.05, 3.63) is 74.4 Å². The predicted molar refractivity (Wildman–Crippen MR) is 120 cm³/mol. The summed E-state index contributed by atoms with van der Waals surface area (Å²) in [5.41, 5.74) is 14.6. The number of benzene rings is 1. The van der Waals surface area contributed by atoms with Gasteiger partial charge >= 0.3 is 0 Å². The lowest BCUT2D eigenvalue weighted by atomic mass is 10.1. The number of hydrogen-bond acceptors (Lipinski definition) is 8. The highest BCUT2D eigenvalue weighted by Crippen LogP contribution is 2.33.